The topological polar surface area (TPSA) is 43.6 Å². The van der Waals surface area contributed by atoms with E-state index >= 15 is 0 Å². The SMILES string of the molecule is CCCn1nccc1-c1cncc(Cl)n1. The summed E-state index contributed by atoms with van der Waals surface area (Å²) in [5, 5.41) is 4.62. The van der Waals surface area contributed by atoms with Crippen LogP contribution >= 0.6 is 11.6 Å². The second kappa shape index (κ2) is 4.40. The highest BCUT2D eigenvalue weighted by Gasteiger charge is 2.06. The van der Waals surface area contributed by atoms with Gasteiger partial charge in [-0.25, -0.2) is 4.98 Å². The summed E-state index contributed by atoms with van der Waals surface area (Å²) in [7, 11) is 0. The quantitative estimate of drug-likeness (QED) is 0.801. The van der Waals surface area contributed by atoms with E-state index in [4.69, 9.17) is 11.6 Å². The first-order chi connectivity index (χ1) is 7.31. The predicted octanol–water partition coefficient (Wildman–Crippen LogP) is 2.40. The molecular weight excluding hydrogens is 212 g/mol. The van der Waals surface area contributed by atoms with Crippen molar-refractivity contribution in [3.63, 3.8) is 0 Å². The van der Waals surface area contributed by atoms with Gasteiger partial charge in [-0.05, 0) is 12.5 Å². The van der Waals surface area contributed by atoms with Crippen LogP contribution in [0.2, 0.25) is 5.15 Å². The lowest BCUT2D eigenvalue weighted by Crippen LogP contribution is -2.02. The third-order valence-electron chi connectivity index (χ3n) is 2.02. The maximum atomic E-state index is 5.79. The standard InChI is InChI=1S/C10H11ClN4/c1-2-5-15-9(3-4-13-15)8-6-12-7-10(11)14-8/h3-4,6-7H,2,5H2,1H3. The zero-order valence-corrected chi connectivity index (χ0v) is 9.15. The van der Waals surface area contributed by atoms with Crippen molar-refractivity contribution >= 4 is 11.6 Å². The zero-order chi connectivity index (χ0) is 10.7. The average Bonchev–Trinajstić information content (AvgIpc) is 2.66. The van der Waals surface area contributed by atoms with Crippen molar-refractivity contribution < 1.29 is 0 Å². The maximum absolute atomic E-state index is 5.79. The molecule has 0 aliphatic rings. The second-order valence-corrected chi connectivity index (χ2v) is 3.55. The molecule has 0 atom stereocenters. The minimum absolute atomic E-state index is 0.400. The summed E-state index contributed by atoms with van der Waals surface area (Å²) in [6.45, 7) is 2.98. The molecule has 0 amide bonds. The van der Waals surface area contributed by atoms with E-state index in [9.17, 15) is 0 Å². The molecule has 15 heavy (non-hydrogen) atoms. The molecule has 0 spiro atoms. The van der Waals surface area contributed by atoms with Crippen LogP contribution < -0.4 is 0 Å². The molecule has 0 unspecified atom stereocenters. The molecule has 0 bridgehead atoms. The lowest BCUT2D eigenvalue weighted by atomic mass is 10.3. The molecule has 0 aliphatic heterocycles. The fourth-order valence-corrected chi connectivity index (χ4v) is 1.55. The van der Waals surface area contributed by atoms with Crippen LogP contribution in [-0.4, -0.2) is 19.7 Å². The third kappa shape index (κ3) is 2.15. The Morgan fingerprint density at radius 3 is 3.00 bits per heavy atom. The fourth-order valence-electron chi connectivity index (χ4n) is 1.41. The molecule has 0 fully saturated rings. The Kier molecular flexibility index (Phi) is 2.97. The molecule has 0 saturated carbocycles. The molecule has 0 saturated heterocycles. The molecule has 78 valence electrons. The molecule has 4 nitrogen and oxygen atoms in total. The maximum Gasteiger partial charge on any atom is 0.148 e. The number of rotatable bonds is 3. The van der Waals surface area contributed by atoms with Crippen LogP contribution in [0.1, 0.15) is 13.3 Å². The Morgan fingerprint density at radius 1 is 1.40 bits per heavy atom. The summed E-state index contributed by atoms with van der Waals surface area (Å²) in [5.41, 5.74) is 1.71. The van der Waals surface area contributed by atoms with E-state index in [0.717, 1.165) is 24.4 Å². The first kappa shape index (κ1) is 10.1. The van der Waals surface area contributed by atoms with Gasteiger partial charge < -0.3 is 0 Å². The monoisotopic (exact) mass is 222 g/mol. The van der Waals surface area contributed by atoms with Gasteiger partial charge in [0.2, 0.25) is 0 Å². The molecule has 0 aliphatic carbocycles. The van der Waals surface area contributed by atoms with Gasteiger partial charge in [0, 0.05) is 12.7 Å². The molecule has 0 aromatic carbocycles. The van der Waals surface area contributed by atoms with Crippen LogP contribution in [0.4, 0.5) is 0 Å². The summed E-state index contributed by atoms with van der Waals surface area (Å²) in [5.74, 6) is 0. The first-order valence-corrected chi connectivity index (χ1v) is 5.19. The number of aromatic nitrogens is 4. The number of nitrogens with zero attached hydrogens (tertiary/aromatic N) is 4. The summed E-state index contributed by atoms with van der Waals surface area (Å²) in [6.07, 6.45) is 6.00. The van der Waals surface area contributed by atoms with Crippen molar-refractivity contribution in [2.24, 2.45) is 0 Å². The van der Waals surface area contributed by atoms with Crippen LogP contribution in [0, 0.1) is 0 Å². The summed E-state index contributed by atoms with van der Waals surface area (Å²) >= 11 is 5.79. The second-order valence-electron chi connectivity index (χ2n) is 3.17. The van der Waals surface area contributed by atoms with E-state index in [1.165, 1.54) is 6.20 Å². The van der Waals surface area contributed by atoms with Crippen LogP contribution in [0.5, 0.6) is 0 Å². The van der Waals surface area contributed by atoms with Crippen molar-refractivity contribution in [3.8, 4) is 11.4 Å². The number of aryl methyl sites for hydroxylation is 1. The first-order valence-electron chi connectivity index (χ1n) is 4.81. The van der Waals surface area contributed by atoms with E-state index in [1.54, 1.807) is 12.4 Å². The zero-order valence-electron chi connectivity index (χ0n) is 8.39. The molecule has 0 N–H and O–H groups in total. The van der Waals surface area contributed by atoms with Crippen LogP contribution in [0.15, 0.2) is 24.7 Å². The third-order valence-corrected chi connectivity index (χ3v) is 2.20. The largest absolute Gasteiger partial charge is 0.263 e. The molecular formula is C10H11ClN4. The van der Waals surface area contributed by atoms with Crippen LogP contribution in [-0.2, 0) is 6.54 Å². The summed E-state index contributed by atoms with van der Waals surface area (Å²) in [6, 6.07) is 1.91. The molecule has 2 aromatic rings. The minimum atomic E-state index is 0.400. The predicted molar refractivity (Wildman–Crippen MR) is 58.6 cm³/mol. The van der Waals surface area contributed by atoms with Gasteiger partial charge in [0.05, 0.1) is 18.1 Å². The Labute approximate surface area is 92.9 Å². The van der Waals surface area contributed by atoms with E-state index in [-0.39, 0.29) is 0 Å². The summed E-state index contributed by atoms with van der Waals surface area (Å²) in [4.78, 5) is 8.21. The van der Waals surface area contributed by atoms with Gasteiger partial charge in [-0.1, -0.05) is 18.5 Å². The lowest BCUT2D eigenvalue weighted by Gasteiger charge is -2.04. The Bertz CT molecular complexity index is 452. The number of hydrogen-bond donors (Lipinski definition) is 0. The minimum Gasteiger partial charge on any atom is -0.263 e. The van der Waals surface area contributed by atoms with Crippen molar-refractivity contribution in [2.75, 3.05) is 0 Å². The van der Waals surface area contributed by atoms with E-state index in [0.29, 0.717) is 5.15 Å². The van der Waals surface area contributed by atoms with Crippen molar-refractivity contribution in [2.45, 2.75) is 19.9 Å². The average molecular weight is 223 g/mol. The highest BCUT2D eigenvalue weighted by molar-refractivity contribution is 6.29. The van der Waals surface area contributed by atoms with Gasteiger partial charge in [-0.3, -0.25) is 9.67 Å². The van der Waals surface area contributed by atoms with Crippen LogP contribution in [0.3, 0.4) is 0 Å². The molecule has 2 heterocycles. The molecule has 0 radical (unpaired) electrons. The lowest BCUT2D eigenvalue weighted by molar-refractivity contribution is 0.608. The van der Waals surface area contributed by atoms with Gasteiger partial charge in [0.15, 0.2) is 0 Å². The van der Waals surface area contributed by atoms with E-state index in [1.807, 2.05) is 10.7 Å². The van der Waals surface area contributed by atoms with Crippen molar-refractivity contribution in [1.82, 2.24) is 19.7 Å². The van der Waals surface area contributed by atoms with E-state index < -0.39 is 0 Å². The Balaban J connectivity index is 2.40. The Morgan fingerprint density at radius 2 is 2.27 bits per heavy atom. The van der Waals surface area contributed by atoms with Gasteiger partial charge in [-0.15, -0.1) is 0 Å². The fraction of sp³-hybridized carbons (Fsp3) is 0.300. The molecule has 5 heteroatoms. The van der Waals surface area contributed by atoms with Gasteiger partial charge in [-0.2, -0.15) is 5.10 Å². The normalized spacial score (nSPS) is 10.5. The van der Waals surface area contributed by atoms with Crippen molar-refractivity contribution in [1.29, 1.82) is 0 Å². The highest BCUT2D eigenvalue weighted by atomic mass is 35.5. The van der Waals surface area contributed by atoms with Crippen molar-refractivity contribution in [3.05, 3.63) is 29.8 Å². The summed E-state index contributed by atoms with van der Waals surface area (Å²) < 4.78 is 1.90. The smallest absolute Gasteiger partial charge is 0.148 e. The Hall–Kier alpha value is -1.42. The van der Waals surface area contributed by atoms with E-state index in [2.05, 4.69) is 22.0 Å². The number of hydrogen-bond acceptors (Lipinski definition) is 3. The van der Waals surface area contributed by atoms with Gasteiger partial charge in [0.25, 0.3) is 0 Å². The highest BCUT2D eigenvalue weighted by Crippen LogP contribution is 2.17. The van der Waals surface area contributed by atoms with Gasteiger partial charge >= 0.3 is 0 Å². The molecule has 2 rings (SSSR count). The molecule has 2 aromatic heterocycles. The van der Waals surface area contributed by atoms with Crippen LogP contribution in [0.25, 0.3) is 11.4 Å². The number of halogens is 1. The van der Waals surface area contributed by atoms with Gasteiger partial charge in [0.1, 0.15) is 10.8 Å².